The lowest BCUT2D eigenvalue weighted by atomic mass is 10.2. The molecule has 0 aliphatic rings. The van der Waals surface area contributed by atoms with Crippen molar-refractivity contribution in [2.75, 3.05) is 11.9 Å². The second-order valence-corrected chi connectivity index (χ2v) is 8.19. The Hall–Kier alpha value is -4.22. The van der Waals surface area contributed by atoms with Gasteiger partial charge in [0.2, 0.25) is 5.95 Å². The van der Waals surface area contributed by atoms with E-state index < -0.39 is 17.9 Å². The Morgan fingerprint density at radius 2 is 1.81 bits per heavy atom. The predicted molar refractivity (Wildman–Crippen MR) is 131 cm³/mol. The number of nitrogens with one attached hydrogen (secondary N) is 1. The molecule has 2 aromatic carbocycles. The van der Waals surface area contributed by atoms with Crippen molar-refractivity contribution in [3.05, 3.63) is 92.4 Å². The Bertz CT molecular complexity index is 1430. The number of anilines is 2. The number of carbonyl (C=O) groups excluding carboxylic acids is 1. The van der Waals surface area contributed by atoms with Crippen LogP contribution in [-0.4, -0.2) is 36.8 Å². The van der Waals surface area contributed by atoms with Crippen LogP contribution in [0.2, 0.25) is 5.02 Å². The molecule has 0 saturated heterocycles. The average Bonchev–Trinajstić information content (AvgIpc) is 3.38. The molecule has 0 radical (unpaired) electrons. The first-order valence-corrected chi connectivity index (χ1v) is 11.3. The summed E-state index contributed by atoms with van der Waals surface area (Å²) in [6, 6.07) is 15.1. The van der Waals surface area contributed by atoms with Crippen molar-refractivity contribution >= 4 is 29.0 Å². The zero-order valence-corrected chi connectivity index (χ0v) is 19.7. The lowest BCUT2D eigenvalue weighted by Gasteiger charge is -2.16. The van der Waals surface area contributed by atoms with Gasteiger partial charge in [-0.25, -0.2) is 14.2 Å². The zero-order chi connectivity index (χ0) is 25.5. The number of ketones is 1. The van der Waals surface area contributed by atoms with Crippen LogP contribution in [0.5, 0.6) is 11.6 Å². The van der Waals surface area contributed by atoms with Gasteiger partial charge in [-0.2, -0.15) is 4.98 Å². The molecule has 0 atom stereocenters. The zero-order valence-electron chi connectivity index (χ0n) is 19.0. The topological polar surface area (TPSA) is 141 Å². The minimum absolute atomic E-state index is 0.00387. The van der Waals surface area contributed by atoms with E-state index in [0.717, 1.165) is 10.1 Å². The molecule has 0 unspecified atom stereocenters. The molecule has 0 aliphatic heterocycles. The van der Waals surface area contributed by atoms with Crippen LogP contribution >= 0.6 is 11.6 Å². The van der Waals surface area contributed by atoms with Gasteiger partial charge < -0.3 is 19.7 Å². The van der Waals surface area contributed by atoms with Gasteiger partial charge in [0, 0.05) is 29.8 Å². The third-order valence-electron chi connectivity index (χ3n) is 5.10. The number of hydrogen-bond acceptors (Lipinski definition) is 9. The Kier molecular flexibility index (Phi) is 7.93. The number of rotatable bonds is 11. The Labute approximate surface area is 209 Å². The summed E-state index contributed by atoms with van der Waals surface area (Å²) in [6.45, 7) is -0.519. The van der Waals surface area contributed by atoms with E-state index in [1.807, 2.05) is 0 Å². The van der Waals surface area contributed by atoms with Gasteiger partial charge in [-0.05, 0) is 53.5 Å². The third-order valence-corrected chi connectivity index (χ3v) is 5.35. The number of hydrogen-bond donors (Lipinski definition) is 2. The number of aromatic nitrogens is 4. The van der Waals surface area contributed by atoms with Crippen LogP contribution in [0.25, 0.3) is 0 Å². The summed E-state index contributed by atoms with van der Waals surface area (Å²) >= 11 is 5.97. The lowest BCUT2D eigenvalue weighted by Crippen LogP contribution is -2.44. The van der Waals surface area contributed by atoms with Gasteiger partial charge in [-0.1, -0.05) is 23.7 Å². The molecule has 186 valence electrons. The summed E-state index contributed by atoms with van der Waals surface area (Å²) in [5.41, 5.74) is -0.288. The van der Waals surface area contributed by atoms with Gasteiger partial charge in [0.1, 0.15) is 12.0 Å². The third kappa shape index (κ3) is 6.26. The van der Waals surface area contributed by atoms with Gasteiger partial charge >= 0.3 is 11.4 Å². The Balaban J connectivity index is 1.64. The number of aliphatic hydroxyl groups is 1. The highest BCUT2D eigenvalue weighted by molar-refractivity contribution is 6.30. The highest BCUT2D eigenvalue weighted by Crippen LogP contribution is 2.23. The first-order chi connectivity index (χ1) is 17.4. The van der Waals surface area contributed by atoms with Crippen LogP contribution in [-0.2, 0) is 17.9 Å². The molecule has 0 saturated carbocycles. The van der Waals surface area contributed by atoms with Gasteiger partial charge in [-0.15, -0.1) is 0 Å². The second-order valence-electron chi connectivity index (χ2n) is 7.75. The number of Topliss-reactive ketones (excluding diaryl/α,β-unsaturated/α-hetero) is 1. The quantitative estimate of drug-likeness (QED) is 0.310. The molecule has 36 heavy (non-hydrogen) atoms. The first kappa shape index (κ1) is 24.9. The van der Waals surface area contributed by atoms with Gasteiger partial charge in [-0.3, -0.25) is 9.36 Å². The molecule has 4 rings (SSSR count). The average molecular weight is 512 g/mol. The molecule has 2 aromatic heterocycles. The molecule has 0 bridgehead atoms. The summed E-state index contributed by atoms with van der Waals surface area (Å²) < 4.78 is 12.3. The minimum atomic E-state index is -0.863. The van der Waals surface area contributed by atoms with E-state index in [2.05, 4.69) is 15.5 Å². The standard InChI is InChI=1S/C24H22ClN5O6/c25-17-5-3-16(4-6-17)14-29-22(27-23(33)30(24(29)34)15-19(32)2-1-12-31)26-18-7-9-20(10-8-18)36-21-11-13-35-28-21/h3-11,13,31H,1-2,12,14-15H2,(H,26,27,33). The molecular weight excluding hydrogens is 490 g/mol. The summed E-state index contributed by atoms with van der Waals surface area (Å²) in [5, 5.41) is 16.2. The summed E-state index contributed by atoms with van der Waals surface area (Å²) in [4.78, 5) is 42.2. The molecule has 0 spiro atoms. The maximum atomic E-state index is 13.3. The fourth-order valence-electron chi connectivity index (χ4n) is 3.32. The van der Waals surface area contributed by atoms with Crippen molar-refractivity contribution in [1.82, 2.24) is 19.3 Å². The van der Waals surface area contributed by atoms with Crippen molar-refractivity contribution in [1.29, 1.82) is 0 Å². The van der Waals surface area contributed by atoms with E-state index in [0.29, 0.717) is 22.3 Å². The summed E-state index contributed by atoms with van der Waals surface area (Å²) in [7, 11) is 0. The van der Waals surface area contributed by atoms with Crippen LogP contribution in [0, 0.1) is 0 Å². The number of halogens is 1. The molecular formula is C24H22ClN5O6. The number of carbonyl (C=O) groups is 1. The number of nitrogens with zero attached hydrogens (tertiary/aromatic N) is 4. The molecule has 12 heteroatoms. The van der Waals surface area contributed by atoms with E-state index in [9.17, 15) is 14.4 Å². The number of ether oxygens (including phenoxy) is 1. The number of benzene rings is 2. The SMILES string of the molecule is O=C(CCCO)Cn1c(=O)nc(Nc2ccc(Oc3ccon3)cc2)n(Cc2ccc(Cl)cc2)c1=O. The first-order valence-electron chi connectivity index (χ1n) is 11.0. The van der Waals surface area contributed by atoms with Crippen LogP contribution in [0.4, 0.5) is 11.6 Å². The molecule has 4 aromatic rings. The van der Waals surface area contributed by atoms with Crippen LogP contribution in [0.1, 0.15) is 18.4 Å². The van der Waals surface area contributed by atoms with Crippen molar-refractivity contribution in [2.24, 2.45) is 0 Å². The smallest absolute Gasteiger partial charge is 0.355 e. The van der Waals surface area contributed by atoms with Crippen LogP contribution < -0.4 is 21.4 Å². The highest BCUT2D eigenvalue weighted by atomic mass is 35.5. The molecule has 2 N–H and O–H groups in total. The number of aliphatic hydroxyl groups excluding tert-OH is 1. The monoisotopic (exact) mass is 511 g/mol. The van der Waals surface area contributed by atoms with E-state index in [4.69, 9.17) is 26.0 Å². The molecule has 0 aliphatic carbocycles. The summed E-state index contributed by atoms with van der Waals surface area (Å²) in [5.74, 6) is 0.444. The lowest BCUT2D eigenvalue weighted by molar-refractivity contribution is -0.120. The Morgan fingerprint density at radius 1 is 1.06 bits per heavy atom. The maximum Gasteiger partial charge on any atom is 0.355 e. The molecule has 2 heterocycles. The van der Waals surface area contributed by atoms with Gasteiger partial charge in [0.05, 0.1) is 13.1 Å². The summed E-state index contributed by atoms with van der Waals surface area (Å²) in [6.07, 6.45) is 1.68. The van der Waals surface area contributed by atoms with E-state index >= 15 is 0 Å². The van der Waals surface area contributed by atoms with Crippen LogP contribution in [0.15, 0.2) is 75.0 Å². The normalized spacial score (nSPS) is 10.8. The second kappa shape index (κ2) is 11.5. The molecule has 0 amide bonds. The fourth-order valence-corrected chi connectivity index (χ4v) is 3.44. The fraction of sp³-hybridized carbons (Fsp3) is 0.208. The van der Waals surface area contributed by atoms with Crippen molar-refractivity contribution in [3.8, 4) is 11.6 Å². The van der Waals surface area contributed by atoms with Crippen molar-refractivity contribution < 1.29 is 19.2 Å². The maximum absolute atomic E-state index is 13.3. The minimum Gasteiger partial charge on any atom is -0.436 e. The van der Waals surface area contributed by atoms with E-state index in [1.165, 1.54) is 10.8 Å². The van der Waals surface area contributed by atoms with E-state index in [-0.39, 0.29) is 37.7 Å². The predicted octanol–water partition coefficient (Wildman–Crippen LogP) is 2.97. The molecule has 11 nitrogen and oxygen atoms in total. The van der Waals surface area contributed by atoms with Gasteiger partial charge in [0.15, 0.2) is 5.78 Å². The Morgan fingerprint density at radius 3 is 2.47 bits per heavy atom. The largest absolute Gasteiger partial charge is 0.436 e. The van der Waals surface area contributed by atoms with Crippen molar-refractivity contribution in [3.63, 3.8) is 0 Å². The van der Waals surface area contributed by atoms with Crippen LogP contribution in [0.3, 0.4) is 0 Å². The highest BCUT2D eigenvalue weighted by Gasteiger charge is 2.16. The van der Waals surface area contributed by atoms with Crippen molar-refractivity contribution in [2.45, 2.75) is 25.9 Å². The molecule has 0 fully saturated rings. The van der Waals surface area contributed by atoms with Gasteiger partial charge in [0.25, 0.3) is 5.88 Å². The van der Waals surface area contributed by atoms with E-state index in [1.54, 1.807) is 54.6 Å².